The number of halogens is 3. The number of benzene rings is 1. The van der Waals surface area contributed by atoms with Gasteiger partial charge in [-0.1, -0.05) is 27.5 Å². The van der Waals surface area contributed by atoms with Crippen LogP contribution in [0.4, 0.5) is 5.95 Å². The van der Waals surface area contributed by atoms with Crippen LogP contribution in [0.5, 0.6) is 0 Å². The van der Waals surface area contributed by atoms with E-state index in [1.165, 1.54) is 0 Å². The monoisotopic (exact) mass is 451 g/mol. The third-order valence-corrected chi connectivity index (χ3v) is 3.85. The molecule has 1 N–H and O–H groups in total. The Balaban J connectivity index is 2.28. The van der Waals surface area contributed by atoms with E-state index >= 15 is 0 Å². The summed E-state index contributed by atoms with van der Waals surface area (Å²) in [5.41, 5.74) is 1.25. The maximum absolute atomic E-state index is 12.1. The molecule has 98 valence electrons. The molecular formula is C12H8BrClIN3O. The lowest BCUT2D eigenvalue weighted by molar-refractivity contribution is 0.102. The van der Waals surface area contributed by atoms with Crippen LogP contribution in [0.3, 0.4) is 0 Å². The van der Waals surface area contributed by atoms with Gasteiger partial charge in [-0.25, -0.2) is 9.97 Å². The summed E-state index contributed by atoms with van der Waals surface area (Å²) in [6, 6.07) is 7.09. The minimum absolute atomic E-state index is 0.200. The van der Waals surface area contributed by atoms with Crippen molar-refractivity contribution in [1.82, 2.24) is 9.97 Å². The van der Waals surface area contributed by atoms with Gasteiger partial charge in [0.2, 0.25) is 5.95 Å². The molecule has 1 aromatic heterocycles. The van der Waals surface area contributed by atoms with Crippen molar-refractivity contribution in [2.75, 3.05) is 5.32 Å². The van der Waals surface area contributed by atoms with Gasteiger partial charge in [-0.15, -0.1) is 0 Å². The minimum Gasteiger partial charge on any atom is -0.290 e. The van der Waals surface area contributed by atoms with Crippen LogP contribution < -0.4 is 5.32 Å². The molecule has 0 atom stereocenters. The van der Waals surface area contributed by atoms with Crippen molar-refractivity contribution in [3.8, 4) is 0 Å². The van der Waals surface area contributed by atoms with E-state index in [1.54, 1.807) is 19.1 Å². The highest BCUT2D eigenvalue weighted by Crippen LogP contribution is 2.19. The highest BCUT2D eigenvalue weighted by atomic mass is 127. The van der Waals surface area contributed by atoms with E-state index in [0.717, 1.165) is 8.04 Å². The predicted octanol–water partition coefficient (Wildman–Crippen LogP) is 4.06. The molecule has 2 rings (SSSR count). The Bertz CT molecular complexity index is 631. The van der Waals surface area contributed by atoms with E-state index in [4.69, 9.17) is 11.6 Å². The number of hydrogen-bond donors (Lipinski definition) is 1. The average molecular weight is 452 g/mol. The third-order valence-electron chi connectivity index (χ3n) is 2.22. The zero-order valence-corrected chi connectivity index (χ0v) is 14.2. The first kappa shape index (κ1) is 14.7. The van der Waals surface area contributed by atoms with Crippen molar-refractivity contribution in [2.45, 2.75) is 6.92 Å². The summed E-state index contributed by atoms with van der Waals surface area (Å²) in [6.07, 6.45) is 0. The van der Waals surface area contributed by atoms with Crippen LogP contribution in [0.25, 0.3) is 0 Å². The maximum Gasteiger partial charge on any atom is 0.259 e. The Labute approximate surface area is 137 Å². The zero-order chi connectivity index (χ0) is 14.0. The van der Waals surface area contributed by atoms with Crippen molar-refractivity contribution in [3.05, 3.63) is 48.7 Å². The number of aryl methyl sites for hydroxylation is 1. The summed E-state index contributed by atoms with van der Waals surface area (Å²) in [6.45, 7) is 1.78. The number of nitrogens with zero attached hydrogens (tertiary/aromatic N) is 2. The van der Waals surface area contributed by atoms with E-state index in [0.29, 0.717) is 16.4 Å². The topological polar surface area (TPSA) is 54.9 Å². The molecule has 4 nitrogen and oxygen atoms in total. The molecule has 0 aliphatic rings. The van der Waals surface area contributed by atoms with Gasteiger partial charge in [0.1, 0.15) is 5.15 Å². The van der Waals surface area contributed by atoms with E-state index in [1.807, 2.05) is 12.1 Å². The molecule has 19 heavy (non-hydrogen) atoms. The smallest absolute Gasteiger partial charge is 0.259 e. The van der Waals surface area contributed by atoms with E-state index in [2.05, 4.69) is 53.8 Å². The quantitative estimate of drug-likeness (QED) is 0.553. The second-order valence-corrected chi connectivity index (χ2v) is 6.20. The number of amides is 1. The minimum atomic E-state index is -0.271. The molecule has 1 aromatic carbocycles. The summed E-state index contributed by atoms with van der Waals surface area (Å²) >= 11 is 11.3. The van der Waals surface area contributed by atoms with Crippen LogP contribution in [-0.4, -0.2) is 15.9 Å². The standard InChI is InChI=1S/C12H8BrClIN3O/c1-6-4-10(14)17-12(16-6)18-11(19)8-5-7(13)2-3-9(8)15/h2-5H,1H3,(H,16,17,18,19). The lowest BCUT2D eigenvalue weighted by atomic mass is 10.2. The van der Waals surface area contributed by atoms with Crippen molar-refractivity contribution in [2.24, 2.45) is 0 Å². The highest BCUT2D eigenvalue weighted by molar-refractivity contribution is 14.1. The first-order chi connectivity index (χ1) is 8.95. The normalized spacial score (nSPS) is 10.3. The maximum atomic E-state index is 12.1. The molecule has 0 saturated heterocycles. The van der Waals surface area contributed by atoms with Crippen LogP contribution in [0.15, 0.2) is 28.7 Å². The molecule has 0 saturated carbocycles. The summed E-state index contributed by atoms with van der Waals surface area (Å²) in [5.74, 6) is -0.0712. The Morgan fingerprint density at radius 2 is 2.11 bits per heavy atom. The molecule has 0 unspecified atom stereocenters. The fourth-order valence-corrected chi connectivity index (χ4v) is 2.61. The number of aromatic nitrogens is 2. The second kappa shape index (κ2) is 6.15. The average Bonchev–Trinajstić information content (AvgIpc) is 2.30. The summed E-state index contributed by atoms with van der Waals surface area (Å²) in [7, 11) is 0. The van der Waals surface area contributed by atoms with Gasteiger partial charge in [-0.05, 0) is 53.8 Å². The number of anilines is 1. The van der Waals surface area contributed by atoms with Crippen LogP contribution in [0, 0.1) is 10.5 Å². The molecule has 7 heteroatoms. The highest BCUT2D eigenvalue weighted by Gasteiger charge is 2.12. The Morgan fingerprint density at radius 1 is 1.37 bits per heavy atom. The van der Waals surface area contributed by atoms with E-state index < -0.39 is 0 Å². The molecule has 0 aliphatic heterocycles. The Kier molecular flexibility index (Phi) is 4.75. The number of carbonyl (C=O) groups excluding carboxylic acids is 1. The van der Waals surface area contributed by atoms with Crippen LogP contribution in [0.1, 0.15) is 16.1 Å². The number of nitrogens with one attached hydrogen (secondary N) is 1. The van der Waals surface area contributed by atoms with Crippen LogP contribution in [-0.2, 0) is 0 Å². The lowest BCUT2D eigenvalue weighted by Crippen LogP contribution is -2.16. The first-order valence-corrected chi connectivity index (χ1v) is 7.48. The largest absolute Gasteiger partial charge is 0.290 e. The van der Waals surface area contributed by atoms with E-state index in [-0.39, 0.29) is 11.9 Å². The van der Waals surface area contributed by atoms with Gasteiger partial charge < -0.3 is 0 Å². The molecule has 0 fully saturated rings. The van der Waals surface area contributed by atoms with Gasteiger partial charge in [0.05, 0.1) is 5.56 Å². The Morgan fingerprint density at radius 3 is 2.79 bits per heavy atom. The molecule has 0 spiro atoms. The molecular weight excluding hydrogens is 444 g/mol. The number of carbonyl (C=O) groups is 1. The third kappa shape index (κ3) is 3.87. The number of hydrogen-bond acceptors (Lipinski definition) is 3. The van der Waals surface area contributed by atoms with E-state index in [9.17, 15) is 4.79 Å². The molecule has 1 amide bonds. The van der Waals surface area contributed by atoms with Crippen molar-refractivity contribution >= 4 is 62.0 Å². The van der Waals surface area contributed by atoms with Gasteiger partial charge in [0, 0.05) is 13.7 Å². The van der Waals surface area contributed by atoms with Gasteiger partial charge in [0.15, 0.2) is 0 Å². The summed E-state index contributed by atoms with van der Waals surface area (Å²) in [5, 5.41) is 2.93. The predicted molar refractivity (Wildman–Crippen MR) is 86.6 cm³/mol. The molecule has 0 aliphatic carbocycles. The molecule has 1 heterocycles. The fourth-order valence-electron chi connectivity index (χ4n) is 1.43. The molecule has 0 bridgehead atoms. The summed E-state index contributed by atoms with van der Waals surface area (Å²) < 4.78 is 1.68. The number of rotatable bonds is 2. The van der Waals surface area contributed by atoms with Crippen LogP contribution in [0.2, 0.25) is 5.15 Å². The van der Waals surface area contributed by atoms with Gasteiger partial charge in [0.25, 0.3) is 5.91 Å². The molecule has 2 aromatic rings. The van der Waals surface area contributed by atoms with Gasteiger partial charge >= 0.3 is 0 Å². The van der Waals surface area contributed by atoms with Gasteiger partial charge in [-0.3, -0.25) is 10.1 Å². The van der Waals surface area contributed by atoms with Crippen molar-refractivity contribution in [3.63, 3.8) is 0 Å². The van der Waals surface area contributed by atoms with Gasteiger partial charge in [-0.2, -0.15) is 0 Å². The lowest BCUT2D eigenvalue weighted by Gasteiger charge is -2.07. The van der Waals surface area contributed by atoms with Crippen LogP contribution >= 0.6 is 50.1 Å². The fraction of sp³-hybridized carbons (Fsp3) is 0.0833. The SMILES string of the molecule is Cc1cc(Cl)nc(NC(=O)c2cc(Br)ccc2I)n1. The first-order valence-electron chi connectivity index (χ1n) is 5.23. The molecule has 0 radical (unpaired) electrons. The van der Waals surface area contributed by atoms with Crippen molar-refractivity contribution < 1.29 is 4.79 Å². The Hall–Kier alpha value is -0.730. The van der Waals surface area contributed by atoms with Crippen molar-refractivity contribution in [1.29, 1.82) is 0 Å². The second-order valence-electron chi connectivity index (χ2n) is 3.73. The summed E-state index contributed by atoms with van der Waals surface area (Å²) in [4.78, 5) is 20.2. The zero-order valence-electron chi connectivity index (χ0n) is 9.75.